The zero-order valence-electron chi connectivity index (χ0n) is 9.50. The van der Waals surface area contributed by atoms with Crippen molar-refractivity contribution in [3.8, 4) is 0 Å². The van der Waals surface area contributed by atoms with Crippen molar-refractivity contribution < 1.29 is 5.11 Å². The third kappa shape index (κ3) is 3.43. The lowest BCUT2D eigenvalue weighted by molar-refractivity contribution is 0.138. The van der Waals surface area contributed by atoms with Crippen molar-refractivity contribution in [2.75, 3.05) is 13.1 Å². The van der Waals surface area contributed by atoms with Gasteiger partial charge in [-0.25, -0.2) is 0 Å². The molecule has 1 aliphatic heterocycles. The molecule has 0 aromatic carbocycles. The first-order valence-electron chi connectivity index (χ1n) is 5.72. The molecule has 0 amide bonds. The van der Waals surface area contributed by atoms with Gasteiger partial charge in [0.15, 0.2) is 0 Å². The zero-order chi connectivity index (χ0) is 10.6. The summed E-state index contributed by atoms with van der Waals surface area (Å²) < 4.78 is 0. The Balaban J connectivity index is 2.38. The standard InChI is InChI=1S/C12H23NO/c1-4-10(2)9-13-7-5-6-12(13)8-11(3)14/h11-12,14H,2,4-9H2,1,3H3. The predicted octanol–water partition coefficient (Wildman–Crippen LogP) is 2.19. The fourth-order valence-electron chi connectivity index (χ4n) is 2.16. The molecule has 1 N–H and O–H groups in total. The summed E-state index contributed by atoms with van der Waals surface area (Å²) in [7, 11) is 0. The lowest BCUT2D eigenvalue weighted by Gasteiger charge is -2.26. The summed E-state index contributed by atoms with van der Waals surface area (Å²) in [6.45, 7) is 10.3. The highest BCUT2D eigenvalue weighted by molar-refractivity contribution is 4.98. The molecular weight excluding hydrogens is 174 g/mol. The fourth-order valence-corrected chi connectivity index (χ4v) is 2.16. The molecular formula is C12H23NO. The number of likely N-dealkylation sites (tertiary alicyclic amines) is 1. The summed E-state index contributed by atoms with van der Waals surface area (Å²) in [5, 5.41) is 9.37. The molecule has 2 nitrogen and oxygen atoms in total. The predicted molar refractivity (Wildman–Crippen MR) is 60.3 cm³/mol. The van der Waals surface area contributed by atoms with Crippen LogP contribution in [0.1, 0.15) is 39.5 Å². The number of nitrogens with zero attached hydrogens (tertiary/aromatic N) is 1. The van der Waals surface area contributed by atoms with Crippen LogP contribution in [0.2, 0.25) is 0 Å². The lowest BCUT2D eigenvalue weighted by Crippen LogP contribution is -2.33. The van der Waals surface area contributed by atoms with Crippen molar-refractivity contribution in [1.29, 1.82) is 0 Å². The van der Waals surface area contributed by atoms with E-state index in [4.69, 9.17) is 0 Å². The molecule has 0 bridgehead atoms. The van der Waals surface area contributed by atoms with Crippen molar-refractivity contribution in [3.63, 3.8) is 0 Å². The minimum absolute atomic E-state index is 0.171. The maximum Gasteiger partial charge on any atom is 0.0527 e. The maximum absolute atomic E-state index is 9.37. The first-order chi connectivity index (χ1) is 6.63. The summed E-state index contributed by atoms with van der Waals surface area (Å²) in [5.74, 6) is 0. The second-order valence-electron chi connectivity index (χ2n) is 4.45. The Bertz CT molecular complexity index is 189. The van der Waals surface area contributed by atoms with Crippen LogP contribution in [0.15, 0.2) is 12.2 Å². The van der Waals surface area contributed by atoms with Crippen LogP contribution in [0.25, 0.3) is 0 Å². The molecule has 1 heterocycles. The normalized spacial score (nSPS) is 25.2. The van der Waals surface area contributed by atoms with Crippen LogP contribution in [0.3, 0.4) is 0 Å². The third-order valence-electron chi connectivity index (χ3n) is 3.04. The van der Waals surface area contributed by atoms with E-state index >= 15 is 0 Å². The number of aliphatic hydroxyl groups excluding tert-OH is 1. The van der Waals surface area contributed by atoms with Crippen molar-refractivity contribution >= 4 is 0 Å². The molecule has 0 aromatic rings. The van der Waals surface area contributed by atoms with E-state index in [1.807, 2.05) is 6.92 Å². The quantitative estimate of drug-likeness (QED) is 0.683. The van der Waals surface area contributed by atoms with Gasteiger partial charge in [-0.15, -0.1) is 0 Å². The highest BCUT2D eigenvalue weighted by Gasteiger charge is 2.25. The van der Waals surface area contributed by atoms with E-state index in [1.54, 1.807) is 0 Å². The second-order valence-corrected chi connectivity index (χ2v) is 4.45. The molecule has 14 heavy (non-hydrogen) atoms. The van der Waals surface area contributed by atoms with Gasteiger partial charge in [-0.05, 0) is 39.2 Å². The molecule has 82 valence electrons. The highest BCUT2D eigenvalue weighted by Crippen LogP contribution is 2.22. The lowest BCUT2D eigenvalue weighted by atomic mass is 10.1. The summed E-state index contributed by atoms with van der Waals surface area (Å²) in [6, 6.07) is 0.582. The molecule has 2 heteroatoms. The van der Waals surface area contributed by atoms with Crippen molar-refractivity contribution in [1.82, 2.24) is 4.90 Å². The molecule has 1 rings (SSSR count). The van der Waals surface area contributed by atoms with E-state index in [9.17, 15) is 5.11 Å². The van der Waals surface area contributed by atoms with Gasteiger partial charge in [-0.2, -0.15) is 0 Å². The Morgan fingerprint density at radius 1 is 1.64 bits per heavy atom. The van der Waals surface area contributed by atoms with Gasteiger partial charge >= 0.3 is 0 Å². The molecule has 1 fully saturated rings. The topological polar surface area (TPSA) is 23.5 Å². The smallest absolute Gasteiger partial charge is 0.0527 e. The van der Waals surface area contributed by atoms with E-state index in [0.29, 0.717) is 6.04 Å². The van der Waals surface area contributed by atoms with Gasteiger partial charge in [0.25, 0.3) is 0 Å². The van der Waals surface area contributed by atoms with Crippen LogP contribution in [0, 0.1) is 0 Å². The van der Waals surface area contributed by atoms with Crippen LogP contribution < -0.4 is 0 Å². The van der Waals surface area contributed by atoms with Gasteiger partial charge in [0.05, 0.1) is 6.10 Å². The Labute approximate surface area is 87.6 Å². The zero-order valence-corrected chi connectivity index (χ0v) is 9.50. The van der Waals surface area contributed by atoms with Crippen LogP contribution in [0.4, 0.5) is 0 Å². The molecule has 0 aliphatic carbocycles. The number of aliphatic hydroxyl groups is 1. The first kappa shape index (κ1) is 11.7. The van der Waals surface area contributed by atoms with Gasteiger partial charge in [-0.1, -0.05) is 19.1 Å². The number of hydrogen-bond acceptors (Lipinski definition) is 2. The van der Waals surface area contributed by atoms with Crippen molar-refractivity contribution in [3.05, 3.63) is 12.2 Å². The van der Waals surface area contributed by atoms with E-state index in [2.05, 4.69) is 18.4 Å². The fraction of sp³-hybridized carbons (Fsp3) is 0.833. The Hall–Kier alpha value is -0.340. The molecule has 1 saturated heterocycles. The van der Waals surface area contributed by atoms with Gasteiger partial charge in [0.1, 0.15) is 0 Å². The van der Waals surface area contributed by atoms with E-state index in [0.717, 1.165) is 19.4 Å². The van der Waals surface area contributed by atoms with Crippen LogP contribution in [-0.2, 0) is 0 Å². The van der Waals surface area contributed by atoms with Crippen LogP contribution in [-0.4, -0.2) is 35.2 Å². The third-order valence-corrected chi connectivity index (χ3v) is 3.04. The Morgan fingerprint density at radius 2 is 2.36 bits per heavy atom. The molecule has 0 radical (unpaired) electrons. The summed E-state index contributed by atoms with van der Waals surface area (Å²) in [6.07, 6.45) is 4.32. The largest absolute Gasteiger partial charge is 0.393 e. The monoisotopic (exact) mass is 197 g/mol. The minimum atomic E-state index is -0.171. The summed E-state index contributed by atoms with van der Waals surface area (Å²) in [5.41, 5.74) is 1.31. The van der Waals surface area contributed by atoms with Gasteiger partial charge in [0.2, 0.25) is 0 Å². The first-order valence-corrected chi connectivity index (χ1v) is 5.72. The van der Waals surface area contributed by atoms with Gasteiger partial charge < -0.3 is 5.11 Å². The minimum Gasteiger partial charge on any atom is -0.393 e. The maximum atomic E-state index is 9.37. The number of hydrogen-bond donors (Lipinski definition) is 1. The molecule has 0 aromatic heterocycles. The van der Waals surface area contributed by atoms with E-state index in [-0.39, 0.29) is 6.10 Å². The summed E-state index contributed by atoms with van der Waals surface area (Å²) in [4.78, 5) is 2.47. The van der Waals surface area contributed by atoms with Crippen LogP contribution in [0.5, 0.6) is 0 Å². The van der Waals surface area contributed by atoms with Gasteiger partial charge in [-0.3, -0.25) is 4.90 Å². The molecule has 0 saturated carbocycles. The van der Waals surface area contributed by atoms with Gasteiger partial charge in [0, 0.05) is 12.6 Å². The molecule has 0 spiro atoms. The van der Waals surface area contributed by atoms with E-state index in [1.165, 1.54) is 25.0 Å². The van der Waals surface area contributed by atoms with E-state index < -0.39 is 0 Å². The Morgan fingerprint density at radius 3 is 2.93 bits per heavy atom. The summed E-state index contributed by atoms with van der Waals surface area (Å²) >= 11 is 0. The van der Waals surface area contributed by atoms with Crippen molar-refractivity contribution in [2.45, 2.75) is 51.7 Å². The Kier molecular flexibility index (Phi) is 4.63. The highest BCUT2D eigenvalue weighted by atomic mass is 16.3. The SMILES string of the molecule is C=C(CC)CN1CCCC1CC(C)O. The molecule has 2 atom stereocenters. The average Bonchev–Trinajstić information content (AvgIpc) is 2.52. The van der Waals surface area contributed by atoms with Crippen molar-refractivity contribution in [2.24, 2.45) is 0 Å². The molecule has 2 unspecified atom stereocenters. The number of rotatable bonds is 5. The molecule has 1 aliphatic rings. The van der Waals surface area contributed by atoms with Crippen LogP contribution >= 0.6 is 0 Å². The second kappa shape index (κ2) is 5.52. The average molecular weight is 197 g/mol.